The summed E-state index contributed by atoms with van der Waals surface area (Å²) in [5.74, 6) is -0.842. The third-order valence-electron chi connectivity index (χ3n) is 3.39. The number of aromatic carboxylic acids is 1. The van der Waals surface area contributed by atoms with Crippen molar-refractivity contribution >= 4 is 5.97 Å². The SMILES string of the molecule is Cc1cc(C)n(CCCc2ccccc2)c1C(=O)O. The molecule has 19 heavy (non-hydrogen) atoms. The molecule has 0 radical (unpaired) electrons. The Morgan fingerprint density at radius 2 is 1.89 bits per heavy atom. The molecule has 0 bridgehead atoms. The van der Waals surface area contributed by atoms with Crippen LogP contribution in [0.4, 0.5) is 0 Å². The Morgan fingerprint density at radius 3 is 2.53 bits per heavy atom. The number of hydrogen-bond acceptors (Lipinski definition) is 1. The van der Waals surface area contributed by atoms with Crippen LogP contribution in [0.15, 0.2) is 36.4 Å². The fourth-order valence-electron chi connectivity index (χ4n) is 2.51. The van der Waals surface area contributed by atoms with Crippen LogP contribution in [-0.2, 0) is 13.0 Å². The molecule has 0 aliphatic heterocycles. The normalized spacial score (nSPS) is 10.6. The minimum Gasteiger partial charge on any atom is -0.477 e. The van der Waals surface area contributed by atoms with Crippen molar-refractivity contribution in [3.05, 3.63) is 58.9 Å². The second-order valence-electron chi connectivity index (χ2n) is 4.86. The molecule has 0 unspecified atom stereocenters. The van der Waals surface area contributed by atoms with Crippen molar-refractivity contribution in [1.82, 2.24) is 4.57 Å². The molecule has 0 saturated heterocycles. The first-order valence-electron chi connectivity index (χ1n) is 6.53. The van der Waals surface area contributed by atoms with Gasteiger partial charge in [-0.2, -0.15) is 0 Å². The van der Waals surface area contributed by atoms with E-state index in [2.05, 4.69) is 12.1 Å². The quantitative estimate of drug-likeness (QED) is 0.891. The van der Waals surface area contributed by atoms with Gasteiger partial charge in [0, 0.05) is 12.2 Å². The molecule has 0 aliphatic rings. The van der Waals surface area contributed by atoms with Gasteiger partial charge in [0.1, 0.15) is 5.69 Å². The second kappa shape index (κ2) is 5.74. The van der Waals surface area contributed by atoms with Crippen LogP contribution in [0.2, 0.25) is 0 Å². The third-order valence-corrected chi connectivity index (χ3v) is 3.39. The fraction of sp³-hybridized carbons (Fsp3) is 0.312. The van der Waals surface area contributed by atoms with Crippen LogP contribution in [0, 0.1) is 13.8 Å². The summed E-state index contributed by atoms with van der Waals surface area (Å²) in [7, 11) is 0. The lowest BCUT2D eigenvalue weighted by molar-refractivity contribution is 0.0683. The maximum absolute atomic E-state index is 11.3. The number of carbonyl (C=O) groups is 1. The Labute approximate surface area is 113 Å². The van der Waals surface area contributed by atoms with E-state index in [-0.39, 0.29) is 0 Å². The van der Waals surface area contributed by atoms with Crippen LogP contribution in [0.25, 0.3) is 0 Å². The number of aromatic nitrogens is 1. The molecule has 2 aromatic rings. The molecule has 0 aliphatic carbocycles. The summed E-state index contributed by atoms with van der Waals surface area (Å²) in [6.45, 7) is 4.56. The van der Waals surface area contributed by atoms with Crippen molar-refractivity contribution in [2.45, 2.75) is 33.2 Å². The Kier molecular flexibility index (Phi) is 4.05. The minimum atomic E-state index is -0.842. The minimum absolute atomic E-state index is 0.422. The number of nitrogens with zero attached hydrogens (tertiary/aromatic N) is 1. The van der Waals surface area contributed by atoms with Crippen molar-refractivity contribution in [3.8, 4) is 0 Å². The van der Waals surface area contributed by atoms with Gasteiger partial charge in [-0.1, -0.05) is 30.3 Å². The van der Waals surface area contributed by atoms with E-state index in [0.717, 1.165) is 30.6 Å². The molecule has 100 valence electrons. The van der Waals surface area contributed by atoms with E-state index in [4.69, 9.17) is 0 Å². The van der Waals surface area contributed by atoms with Gasteiger partial charge in [0.25, 0.3) is 0 Å². The van der Waals surface area contributed by atoms with Crippen molar-refractivity contribution in [2.24, 2.45) is 0 Å². The Morgan fingerprint density at radius 1 is 1.21 bits per heavy atom. The topological polar surface area (TPSA) is 42.2 Å². The van der Waals surface area contributed by atoms with Crippen molar-refractivity contribution < 1.29 is 9.90 Å². The van der Waals surface area contributed by atoms with E-state index < -0.39 is 5.97 Å². The van der Waals surface area contributed by atoms with Crippen molar-refractivity contribution in [3.63, 3.8) is 0 Å². The number of carboxylic acid groups (broad SMARTS) is 1. The second-order valence-corrected chi connectivity index (χ2v) is 4.86. The molecular weight excluding hydrogens is 238 g/mol. The van der Waals surface area contributed by atoms with Crippen LogP contribution >= 0.6 is 0 Å². The summed E-state index contributed by atoms with van der Waals surface area (Å²) in [5, 5.41) is 9.26. The molecule has 0 fully saturated rings. The highest BCUT2D eigenvalue weighted by atomic mass is 16.4. The van der Waals surface area contributed by atoms with Gasteiger partial charge in [-0.05, 0) is 43.9 Å². The first-order chi connectivity index (χ1) is 9.09. The number of hydrogen-bond donors (Lipinski definition) is 1. The number of aryl methyl sites for hydroxylation is 3. The van der Waals surface area contributed by atoms with Gasteiger partial charge in [0.15, 0.2) is 0 Å². The van der Waals surface area contributed by atoms with Gasteiger partial charge in [0.2, 0.25) is 0 Å². The predicted molar refractivity (Wildman–Crippen MR) is 75.6 cm³/mol. The van der Waals surface area contributed by atoms with Crippen LogP contribution in [-0.4, -0.2) is 15.6 Å². The summed E-state index contributed by atoms with van der Waals surface area (Å²) < 4.78 is 1.90. The van der Waals surface area contributed by atoms with Gasteiger partial charge in [-0.3, -0.25) is 0 Å². The Hall–Kier alpha value is -2.03. The molecule has 2 rings (SSSR count). The molecule has 1 N–H and O–H groups in total. The van der Waals surface area contributed by atoms with Crippen LogP contribution < -0.4 is 0 Å². The molecule has 1 aromatic heterocycles. The van der Waals surface area contributed by atoms with Crippen LogP contribution in [0.3, 0.4) is 0 Å². The van der Waals surface area contributed by atoms with Crippen molar-refractivity contribution in [1.29, 1.82) is 0 Å². The highest BCUT2D eigenvalue weighted by Gasteiger charge is 2.15. The first kappa shape index (κ1) is 13.4. The monoisotopic (exact) mass is 257 g/mol. The van der Waals surface area contributed by atoms with Crippen LogP contribution in [0.1, 0.15) is 33.7 Å². The van der Waals surface area contributed by atoms with Gasteiger partial charge in [-0.15, -0.1) is 0 Å². The first-order valence-corrected chi connectivity index (χ1v) is 6.53. The van der Waals surface area contributed by atoms with Crippen LogP contribution in [0.5, 0.6) is 0 Å². The highest BCUT2D eigenvalue weighted by molar-refractivity contribution is 5.87. The lowest BCUT2D eigenvalue weighted by Gasteiger charge is -2.09. The van der Waals surface area contributed by atoms with E-state index in [9.17, 15) is 9.90 Å². The number of carboxylic acids is 1. The predicted octanol–water partition coefficient (Wildman–Crippen LogP) is 3.44. The van der Waals surface area contributed by atoms with E-state index in [1.807, 2.05) is 42.7 Å². The van der Waals surface area contributed by atoms with Gasteiger partial charge in [-0.25, -0.2) is 4.79 Å². The van der Waals surface area contributed by atoms with Gasteiger partial charge >= 0.3 is 5.97 Å². The van der Waals surface area contributed by atoms with Gasteiger partial charge in [0.05, 0.1) is 0 Å². The number of rotatable bonds is 5. The summed E-state index contributed by atoms with van der Waals surface area (Å²) in [6.07, 6.45) is 1.91. The standard InChI is InChI=1S/C16H19NO2/c1-12-11-13(2)17(15(12)16(18)19)10-6-9-14-7-4-3-5-8-14/h3-5,7-8,11H,6,9-10H2,1-2H3,(H,18,19). The third kappa shape index (κ3) is 3.05. The van der Waals surface area contributed by atoms with Gasteiger partial charge < -0.3 is 9.67 Å². The molecule has 0 spiro atoms. The van der Waals surface area contributed by atoms with E-state index in [1.165, 1.54) is 5.56 Å². The summed E-state index contributed by atoms with van der Waals surface area (Å²) in [4.78, 5) is 11.3. The zero-order valence-electron chi connectivity index (χ0n) is 11.4. The largest absolute Gasteiger partial charge is 0.477 e. The lowest BCUT2D eigenvalue weighted by atomic mass is 10.1. The molecule has 1 aromatic carbocycles. The van der Waals surface area contributed by atoms with E-state index in [0.29, 0.717) is 5.69 Å². The van der Waals surface area contributed by atoms with E-state index in [1.54, 1.807) is 0 Å². The highest BCUT2D eigenvalue weighted by Crippen LogP contribution is 2.16. The lowest BCUT2D eigenvalue weighted by Crippen LogP contribution is -2.11. The number of benzene rings is 1. The molecule has 0 atom stereocenters. The summed E-state index contributed by atoms with van der Waals surface area (Å²) in [6, 6.07) is 12.2. The smallest absolute Gasteiger partial charge is 0.352 e. The average molecular weight is 257 g/mol. The molecular formula is C16H19NO2. The average Bonchev–Trinajstić information content (AvgIpc) is 2.65. The molecule has 3 nitrogen and oxygen atoms in total. The molecule has 3 heteroatoms. The maximum Gasteiger partial charge on any atom is 0.352 e. The molecule has 0 saturated carbocycles. The summed E-state index contributed by atoms with van der Waals surface area (Å²) in [5.41, 5.74) is 3.57. The maximum atomic E-state index is 11.3. The zero-order chi connectivity index (χ0) is 13.8. The molecule has 0 amide bonds. The molecule has 1 heterocycles. The Bertz CT molecular complexity index is 570. The zero-order valence-corrected chi connectivity index (χ0v) is 11.4. The Balaban J connectivity index is 2.06. The van der Waals surface area contributed by atoms with E-state index >= 15 is 0 Å². The fourth-order valence-corrected chi connectivity index (χ4v) is 2.51. The van der Waals surface area contributed by atoms with Crippen molar-refractivity contribution in [2.75, 3.05) is 0 Å². The summed E-state index contributed by atoms with van der Waals surface area (Å²) >= 11 is 0.